The Morgan fingerprint density at radius 2 is 1.68 bits per heavy atom. The summed E-state index contributed by atoms with van der Waals surface area (Å²) in [6.07, 6.45) is 1.91. The molecule has 1 aliphatic rings. The Balaban J connectivity index is 1.97. The van der Waals surface area contributed by atoms with Crippen LogP contribution in [0.2, 0.25) is 0 Å². The van der Waals surface area contributed by atoms with E-state index in [0.717, 1.165) is 24.1 Å². The van der Waals surface area contributed by atoms with Gasteiger partial charge in [-0.05, 0) is 36.6 Å². The van der Waals surface area contributed by atoms with Gasteiger partial charge in [-0.2, -0.15) is 0 Å². The van der Waals surface area contributed by atoms with Gasteiger partial charge in [0.1, 0.15) is 5.82 Å². The highest BCUT2D eigenvalue weighted by Crippen LogP contribution is 2.44. The van der Waals surface area contributed by atoms with Gasteiger partial charge in [0, 0.05) is 17.0 Å². The van der Waals surface area contributed by atoms with Crippen molar-refractivity contribution in [3.63, 3.8) is 0 Å². The van der Waals surface area contributed by atoms with Crippen molar-refractivity contribution in [3.8, 4) is 22.4 Å². The van der Waals surface area contributed by atoms with Crippen LogP contribution in [-0.2, 0) is 0 Å². The number of carboxylic acid groups (broad SMARTS) is 1. The Kier molecular flexibility index (Phi) is 3.80. The number of nitrogens with zero attached hydrogens (tertiary/aromatic N) is 1. The fourth-order valence-electron chi connectivity index (χ4n) is 3.06. The number of hydrogen-bond acceptors (Lipinski definition) is 2. The quantitative estimate of drug-likeness (QED) is 0.720. The first-order chi connectivity index (χ1) is 12.1. The fourth-order valence-corrected chi connectivity index (χ4v) is 3.06. The molecule has 0 radical (unpaired) electrons. The molecule has 0 saturated heterocycles. The lowest BCUT2D eigenvalue weighted by atomic mass is 9.94. The summed E-state index contributed by atoms with van der Waals surface area (Å²) in [6.45, 7) is 0. The molecule has 1 aliphatic carbocycles. The maximum Gasteiger partial charge on any atom is 0.338 e. The molecular weight excluding hydrogens is 317 g/mol. The minimum atomic E-state index is -0.992. The summed E-state index contributed by atoms with van der Waals surface area (Å²) in [5, 5.41) is 9.79. The molecule has 0 atom stereocenters. The van der Waals surface area contributed by atoms with E-state index in [-0.39, 0.29) is 17.3 Å². The summed E-state index contributed by atoms with van der Waals surface area (Å²) in [5.74, 6) is -1.15. The van der Waals surface area contributed by atoms with Crippen molar-refractivity contribution < 1.29 is 14.3 Å². The number of aromatic nitrogens is 1. The third-order valence-electron chi connectivity index (χ3n) is 4.45. The van der Waals surface area contributed by atoms with Crippen molar-refractivity contribution in [2.75, 3.05) is 0 Å². The van der Waals surface area contributed by atoms with Crippen molar-refractivity contribution in [2.45, 2.75) is 18.8 Å². The number of carboxylic acids is 1. The molecule has 1 heterocycles. The Bertz CT molecular complexity index is 932. The second-order valence-corrected chi connectivity index (χ2v) is 6.27. The van der Waals surface area contributed by atoms with Crippen LogP contribution in [0, 0.1) is 5.82 Å². The summed E-state index contributed by atoms with van der Waals surface area (Å²) >= 11 is 0. The molecule has 3 aromatic rings. The van der Waals surface area contributed by atoms with E-state index < -0.39 is 5.97 Å². The Morgan fingerprint density at radius 3 is 2.28 bits per heavy atom. The van der Waals surface area contributed by atoms with Crippen LogP contribution in [0.3, 0.4) is 0 Å². The Hall–Kier alpha value is -3.01. The maximum atomic E-state index is 13.3. The lowest BCUT2D eigenvalue weighted by Gasteiger charge is -2.14. The van der Waals surface area contributed by atoms with E-state index in [1.807, 2.05) is 30.3 Å². The predicted molar refractivity (Wildman–Crippen MR) is 94.0 cm³/mol. The Labute approximate surface area is 144 Å². The smallest absolute Gasteiger partial charge is 0.338 e. The van der Waals surface area contributed by atoms with E-state index in [2.05, 4.69) is 4.98 Å². The van der Waals surface area contributed by atoms with Crippen LogP contribution in [0.4, 0.5) is 4.39 Å². The molecule has 0 bridgehead atoms. The first-order valence-electron chi connectivity index (χ1n) is 8.23. The van der Waals surface area contributed by atoms with Gasteiger partial charge < -0.3 is 5.11 Å². The minimum absolute atomic E-state index is 0.189. The van der Waals surface area contributed by atoms with Crippen LogP contribution in [0.25, 0.3) is 22.4 Å². The molecule has 0 amide bonds. The maximum absolute atomic E-state index is 13.3. The monoisotopic (exact) mass is 333 g/mol. The number of benzene rings is 2. The largest absolute Gasteiger partial charge is 0.478 e. The van der Waals surface area contributed by atoms with Crippen molar-refractivity contribution in [1.82, 2.24) is 4.98 Å². The Morgan fingerprint density at radius 1 is 1.00 bits per heavy atom. The SMILES string of the molecule is O=C(O)c1c(-c2ccc(F)cc2)cc(-c2ccccc2)nc1C1CC1. The van der Waals surface area contributed by atoms with Crippen LogP contribution in [0.1, 0.15) is 34.8 Å². The van der Waals surface area contributed by atoms with Crippen LogP contribution in [0.15, 0.2) is 60.7 Å². The summed E-state index contributed by atoms with van der Waals surface area (Å²) in [5.41, 5.74) is 3.81. The third-order valence-corrected chi connectivity index (χ3v) is 4.45. The highest BCUT2D eigenvalue weighted by Gasteiger charge is 2.32. The molecule has 3 nitrogen and oxygen atoms in total. The van der Waals surface area contributed by atoms with Crippen molar-refractivity contribution in [2.24, 2.45) is 0 Å². The number of aromatic carboxylic acids is 1. The summed E-state index contributed by atoms with van der Waals surface area (Å²) in [6, 6.07) is 17.4. The van der Waals surface area contributed by atoms with Gasteiger partial charge in [-0.15, -0.1) is 0 Å². The molecule has 2 aromatic carbocycles. The molecule has 4 heteroatoms. The highest BCUT2D eigenvalue weighted by atomic mass is 19.1. The summed E-state index contributed by atoms with van der Waals surface area (Å²) in [7, 11) is 0. The van der Waals surface area contributed by atoms with Crippen molar-refractivity contribution in [3.05, 3.63) is 77.7 Å². The van der Waals surface area contributed by atoms with Gasteiger partial charge in [-0.25, -0.2) is 9.18 Å². The zero-order valence-electron chi connectivity index (χ0n) is 13.4. The predicted octanol–water partition coefficient (Wildman–Crippen LogP) is 5.13. The average Bonchev–Trinajstić information content (AvgIpc) is 3.47. The van der Waals surface area contributed by atoms with Gasteiger partial charge in [-0.1, -0.05) is 42.5 Å². The topological polar surface area (TPSA) is 50.2 Å². The van der Waals surface area contributed by atoms with Crippen LogP contribution < -0.4 is 0 Å². The van der Waals surface area contributed by atoms with Gasteiger partial charge in [0.25, 0.3) is 0 Å². The molecule has 1 aromatic heterocycles. The molecule has 4 rings (SSSR count). The van der Waals surface area contributed by atoms with Gasteiger partial charge >= 0.3 is 5.97 Å². The van der Waals surface area contributed by atoms with E-state index in [0.29, 0.717) is 16.8 Å². The number of pyridine rings is 1. The molecule has 1 saturated carbocycles. The van der Waals surface area contributed by atoms with E-state index in [1.165, 1.54) is 12.1 Å². The average molecular weight is 333 g/mol. The second kappa shape index (κ2) is 6.13. The highest BCUT2D eigenvalue weighted by molar-refractivity contribution is 5.98. The molecule has 0 aliphatic heterocycles. The molecular formula is C21H16FNO2. The molecule has 0 unspecified atom stereocenters. The van der Waals surface area contributed by atoms with Gasteiger partial charge in [-0.3, -0.25) is 4.98 Å². The van der Waals surface area contributed by atoms with E-state index in [4.69, 9.17) is 0 Å². The van der Waals surface area contributed by atoms with Gasteiger partial charge in [0.05, 0.1) is 17.0 Å². The zero-order valence-corrected chi connectivity index (χ0v) is 13.4. The van der Waals surface area contributed by atoms with Crippen LogP contribution in [-0.4, -0.2) is 16.1 Å². The lowest BCUT2D eigenvalue weighted by molar-refractivity contribution is 0.0696. The normalized spacial score (nSPS) is 13.6. The third kappa shape index (κ3) is 3.03. The first-order valence-corrected chi connectivity index (χ1v) is 8.23. The number of hydrogen-bond donors (Lipinski definition) is 1. The van der Waals surface area contributed by atoms with E-state index in [1.54, 1.807) is 18.2 Å². The number of halogens is 1. The van der Waals surface area contributed by atoms with E-state index in [9.17, 15) is 14.3 Å². The molecule has 124 valence electrons. The van der Waals surface area contributed by atoms with Gasteiger partial charge in [0.15, 0.2) is 0 Å². The molecule has 1 fully saturated rings. The number of rotatable bonds is 4. The van der Waals surface area contributed by atoms with Gasteiger partial charge in [0.2, 0.25) is 0 Å². The lowest BCUT2D eigenvalue weighted by Crippen LogP contribution is -2.08. The van der Waals surface area contributed by atoms with Crippen LogP contribution >= 0.6 is 0 Å². The molecule has 0 spiro atoms. The minimum Gasteiger partial charge on any atom is -0.478 e. The number of carbonyl (C=O) groups is 1. The fraction of sp³-hybridized carbons (Fsp3) is 0.143. The van der Waals surface area contributed by atoms with Crippen molar-refractivity contribution in [1.29, 1.82) is 0 Å². The second-order valence-electron chi connectivity index (χ2n) is 6.27. The zero-order chi connectivity index (χ0) is 17.4. The summed E-state index contributed by atoms with van der Waals surface area (Å²) in [4.78, 5) is 16.6. The molecule has 25 heavy (non-hydrogen) atoms. The van der Waals surface area contributed by atoms with Crippen molar-refractivity contribution >= 4 is 5.97 Å². The summed E-state index contributed by atoms with van der Waals surface area (Å²) < 4.78 is 13.3. The van der Waals surface area contributed by atoms with E-state index >= 15 is 0 Å². The standard InChI is InChI=1S/C21H16FNO2/c22-16-10-8-13(9-11-16)17-12-18(14-4-2-1-3-5-14)23-20(15-6-7-15)19(17)21(24)25/h1-5,8-12,15H,6-7H2,(H,24,25). The first kappa shape index (κ1) is 15.5. The molecule has 1 N–H and O–H groups in total. The van der Waals surface area contributed by atoms with Crippen LogP contribution in [0.5, 0.6) is 0 Å².